The van der Waals surface area contributed by atoms with Crippen LogP contribution in [0.25, 0.3) is 33.4 Å². The summed E-state index contributed by atoms with van der Waals surface area (Å²) in [6.45, 7) is 2.39. The molecule has 1 atom stereocenters. The zero-order chi connectivity index (χ0) is 38.7. The van der Waals surface area contributed by atoms with E-state index in [9.17, 15) is 0 Å². The maximum Gasteiger partial charge on any atom is 0.0714 e. The van der Waals surface area contributed by atoms with Gasteiger partial charge in [0.2, 0.25) is 0 Å². The van der Waals surface area contributed by atoms with Crippen LogP contribution in [0.1, 0.15) is 45.9 Å². The second kappa shape index (κ2) is 13.5. The summed E-state index contributed by atoms with van der Waals surface area (Å²) in [6.07, 6.45) is 0. The minimum Gasteiger partial charge on any atom is -0.310 e. The molecule has 0 aliphatic heterocycles. The van der Waals surface area contributed by atoms with E-state index < -0.39 is 5.41 Å². The normalized spacial score (nSPS) is 15.5. The molecule has 1 unspecified atom stereocenters. The Bertz CT molecular complexity index is 2890. The summed E-state index contributed by atoms with van der Waals surface area (Å²) in [4.78, 5) is 2.40. The highest BCUT2D eigenvalue weighted by Crippen LogP contribution is 2.57. The number of hydrogen-bond donors (Lipinski definition) is 0. The largest absolute Gasteiger partial charge is 0.310 e. The molecule has 1 heteroatoms. The van der Waals surface area contributed by atoms with Gasteiger partial charge in [0.15, 0.2) is 0 Å². The van der Waals surface area contributed by atoms with Crippen LogP contribution in [0, 0.1) is 0 Å². The predicted molar refractivity (Wildman–Crippen MR) is 241 cm³/mol. The van der Waals surface area contributed by atoms with Crippen molar-refractivity contribution in [3.05, 3.63) is 269 Å². The second-order valence-electron chi connectivity index (χ2n) is 15.8. The minimum absolute atomic E-state index is 0.241. The van der Waals surface area contributed by atoms with Crippen LogP contribution in [0.2, 0.25) is 0 Å². The lowest BCUT2D eigenvalue weighted by Gasteiger charge is -2.35. The molecule has 0 fully saturated rings. The van der Waals surface area contributed by atoms with E-state index in [0.29, 0.717) is 0 Å². The lowest BCUT2D eigenvalue weighted by atomic mass is 9.67. The molecule has 9 aromatic rings. The number of rotatable bonds is 7. The van der Waals surface area contributed by atoms with Crippen molar-refractivity contribution in [3.8, 4) is 33.4 Å². The molecule has 274 valence electrons. The van der Waals surface area contributed by atoms with E-state index in [1.165, 1.54) is 72.3 Å². The Morgan fingerprint density at radius 1 is 0.293 bits per heavy atom. The zero-order valence-corrected chi connectivity index (χ0v) is 32.4. The van der Waals surface area contributed by atoms with Gasteiger partial charge >= 0.3 is 0 Å². The van der Waals surface area contributed by atoms with Gasteiger partial charge in [-0.3, -0.25) is 0 Å². The summed E-state index contributed by atoms with van der Waals surface area (Å²) < 4.78 is 0. The van der Waals surface area contributed by atoms with E-state index in [4.69, 9.17) is 0 Å². The Labute approximate surface area is 341 Å². The molecule has 0 heterocycles. The monoisotopic (exact) mass is 739 g/mol. The van der Waals surface area contributed by atoms with Gasteiger partial charge < -0.3 is 4.90 Å². The predicted octanol–water partition coefficient (Wildman–Crippen LogP) is 14.5. The maximum absolute atomic E-state index is 2.44. The Morgan fingerprint density at radius 3 is 1.36 bits per heavy atom. The van der Waals surface area contributed by atoms with Gasteiger partial charge in [0.25, 0.3) is 0 Å². The van der Waals surface area contributed by atoms with Crippen LogP contribution in [0.15, 0.2) is 231 Å². The van der Waals surface area contributed by atoms with Crippen molar-refractivity contribution in [1.29, 1.82) is 0 Å². The molecule has 0 N–H and O–H groups in total. The summed E-state index contributed by atoms with van der Waals surface area (Å²) in [6, 6.07) is 85.0. The van der Waals surface area contributed by atoms with Crippen LogP contribution in [0.5, 0.6) is 0 Å². The fourth-order valence-corrected chi connectivity index (χ4v) is 10.2. The lowest BCUT2D eigenvalue weighted by Crippen LogP contribution is -2.28. The van der Waals surface area contributed by atoms with Crippen LogP contribution in [-0.4, -0.2) is 0 Å². The molecule has 11 rings (SSSR count). The third kappa shape index (κ3) is 5.03. The van der Waals surface area contributed by atoms with Gasteiger partial charge in [-0.05, 0) is 122 Å². The Kier molecular flexibility index (Phi) is 7.91. The summed E-state index contributed by atoms with van der Waals surface area (Å²) >= 11 is 0. The van der Waals surface area contributed by atoms with Gasteiger partial charge in [-0.1, -0.05) is 188 Å². The average Bonchev–Trinajstić information content (AvgIpc) is 3.75. The van der Waals surface area contributed by atoms with Gasteiger partial charge in [-0.2, -0.15) is 0 Å². The van der Waals surface area contributed by atoms with Crippen LogP contribution < -0.4 is 4.90 Å². The molecule has 9 aromatic carbocycles. The van der Waals surface area contributed by atoms with Crippen molar-refractivity contribution < 1.29 is 0 Å². The molecular formula is C57H41N. The third-order valence-corrected chi connectivity index (χ3v) is 12.8. The van der Waals surface area contributed by atoms with E-state index >= 15 is 0 Å². The number of hydrogen-bond acceptors (Lipinski definition) is 1. The molecule has 2 aliphatic carbocycles. The SMILES string of the molecule is CC1(c2ccccc2)c2ccccc2-c2ccc(-c3ccc(N(c4ccccc4)c4ccc5c(c4)C(c4ccccc4)(c4ccccc4)c4ccccc4-5)cc3)cc21. The van der Waals surface area contributed by atoms with E-state index in [1.54, 1.807) is 0 Å². The first kappa shape index (κ1) is 34.1. The van der Waals surface area contributed by atoms with Crippen LogP contribution in [-0.2, 0) is 10.8 Å². The fourth-order valence-electron chi connectivity index (χ4n) is 10.2. The number of fused-ring (bicyclic) bond motifs is 6. The lowest BCUT2D eigenvalue weighted by molar-refractivity contribution is 0.714. The molecule has 2 aliphatic rings. The van der Waals surface area contributed by atoms with Crippen molar-refractivity contribution in [3.63, 3.8) is 0 Å². The quantitative estimate of drug-likeness (QED) is 0.157. The highest BCUT2D eigenvalue weighted by atomic mass is 15.1. The number of benzene rings is 9. The first-order valence-corrected chi connectivity index (χ1v) is 20.3. The first-order valence-electron chi connectivity index (χ1n) is 20.3. The molecular weight excluding hydrogens is 699 g/mol. The molecule has 0 saturated carbocycles. The maximum atomic E-state index is 2.44. The molecule has 0 saturated heterocycles. The van der Waals surface area contributed by atoms with Gasteiger partial charge in [0.05, 0.1) is 5.41 Å². The molecule has 58 heavy (non-hydrogen) atoms. The van der Waals surface area contributed by atoms with Crippen molar-refractivity contribution in [2.45, 2.75) is 17.8 Å². The number of anilines is 3. The molecule has 0 bridgehead atoms. The van der Waals surface area contributed by atoms with Gasteiger partial charge in [-0.15, -0.1) is 0 Å². The van der Waals surface area contributed by atoms with Gasteiger partial charge in [0, 0.05) is 22.5 Å². The van der Waals surface area contributed by atoms with E-state index in [0.717, 1.165) is 17.1 Å². The second-order valence-corrected chi connectivity index (χ2v) is 15.8. The molecule has 0 amide bonds. The summed E-state index contributed by atoms with van der Waals surface area (Å²) in [7, 11) is 0. The first-order chi connectivity index (χ1) is 28.7. The van der Waals surface area contributed by atoms with Gasteiger partial charge in [-0.25, -0.2) is 0 Å². The van der Waals surface area contributed by atoms with Crippen LogP contribution >= 0.6 is 0 Å². The molecule has 1 nitrogen and oxygen atoms in total. The van der Waals surface area contributed by atoms with Crippen molar-refractivity contribution in [2.75, 3.05) is 4.90 Å². The smallest absolute Gasteiger partial charge is 0.0714 e. The van der Waals surface area contributed by atoms with Crippen LogP contribution in [0.3, 0.4) is 0 Å². The van der Waals surface area contributed by atoms with Crippen molar-refractivity contribution in [1.82, 2.24) is 0 Å². The molecule has 0 aromatic heterocycles. The van der Waals surface area contributed by atoms with Crippen LogP contribution in [0.4, 0.5) is 17.1 Å². The summed E-state index contributed by atoms with van der Waals surface area (Å²) in [5.41, 5.74) is 19.4. The number of para-hydroxylation sites is 1. The fraction of sp³-hybridized carbons (Fsp3) is 0.0526. The standard InChI is InChI=1S/C57H41N/c1-56(42-18-6-2-7-19-42)52-28-16-14-26-48(52)50-36-32-41(38-54(50)56)40-30-33-46(34-31-40)58(45-24-12-5-13-25-45)47-35-37-51-49-27-15-17-29-53(49)57(55(51)39-47,43-20-8-3-9-21-43)44-22-10-4-11-23-44/h2-39H,1H3. The van der Waals surface area contributed by atoms with Crippen molar-refractivity contribution >= 4 is 17.1 Å². The van der Waals surface area contributed by atoms with E-state index in [-0.39, 0.29) is 5.41 Å². The summed E-state index contributed by atoms with van der Waals surface area (Å²) in [5.74, 6) is 0. The number of nitrogens with zero attached hydrogens (tertiary/aromatic N) is 1. The third-order valence-electron chi connectivity index (χ3n) is 12.8. The van der Waals surface area contributed by atoms with E-state index in [2.05, 4.69) is 242 Å². The van der Waals surface area contributed by atoms with Crippen molar-refractivity contribution in [2.24, 2.45) is 0 Å². The van der Waals surface area contributed by atoms with E-state index in [1.807, 2.05) is 0 Å². The Hall–Kier alpha value is -7.22. The molecule has 0 spiro atoms. The zero-order valence-electron chi connectivity index (χ0n) is 32.4. The Morgan fingerprint density at radius 2 is 0.724 bits per heavy atom. The Balaban J connectivity index is 1.05. The van der Waals surface area contributed by atoms with Gasteiger partial charge in [0.1, 0.15) is 0 Å². The molecule has 0 radical (unpaired) electrons. The highest BCUT2D eigenvalue weighted by molar-refractivity contribution is 5.90. The highest BCUT2D eigenvalue weighted by Gasteiger charge is 2.46. The average molecular weight is 740 g/mol. The minimum atomic E-state index is -0.474. The topological polar surface area (TPSA) is 3.24 Å². The summed E-state index contributed by atoms with van der Waals surface area (Å²) in [5, 5.41) is 0.